The van der Waals surface area contributed by atoms with Gasteiger partial charge in [-0.2, -0.15) is 44.3 Å². The van der Waals surface area contributed by atoms with Crippen molar-refractivity contribution in [2.75, 3.05) is 13.1 Å². The molecule has 1 aliphatic rings. The summed E-state index contributed by atoms with van der Waals surface area (Å²) in [5, 5.41) is 0. The monoisotopic (exact) mass is 374 g/mol. The molecular weight excluding hydrogens is 332 g/mol. The van der Waals surface area contributed by atoms with Crippen molar-refractivity contribution in [3.63, 3.8) is 0 Å². The first kappa shape index (κ1) is 23.6. The molecular formula is C16H42N10. The number of hydrazine groups is 9. The van der Waals surface area contributed by atoms with E-state index in [9.17, 15) is 0 Å². The zero-order valence-electron chi connectivity index (χ0n) is 16.3. The highest BCUT2D eigenvalue weighted by atomic mass is 15.9. The molecule has 0 amide bonds. The maximum atomic E-state index is 3.10. The van der Waals surface area contributed by atoms with Crippen molar-refractivity contribution < 1.29 is 0 Å². The maximum Gasteiger partial charge on any atom is 0.0113 e. The summed E-state index contributed by atoms with van der Waals surface area (Å²) in [6.07, 6.45) is 18.9. The third-order valence-corrected chi connectivity index (χ3v) is 4.47. The largest absolute Gasteiger partial charge is 0.243 e. The number of nitrogens with one attached hydrogen (secondary N) is 10. The molecule has 0 saturated carbocycles. The van der Waals surface area contributed by atoms with E-state index in [2.05, 4.69) is 55.1 Å². The van der Waals surface area contributed by atoms with Crippen LogP contribution >= 0.6 is 0 Å². The van der Waals surface area contributed by atoms with Crippen LogP contribution in [0.2, 0.25) is 0 Å². The lowest BCUT2D eigenvalue weighted by atomic mass is 10.0. The number of rotatable bonds is 0. The Morgan fingerprint density at radius 2 is 0.462 bits per heavy atom. The topological polar surface area (TPSA) is 120 Å². The average molecular weight is 375 g/mol. The molecule has 0 atom stereocenters. The molecule has 1 rings (SSSR count). The van der Waals surface area contributed by atoms with Gasteiger partial charge in [-0.3, -0.25) is 0 Å². The van der Waals surface area contributed by atoms with Gasteiger partial charge in [-0.25, -0.2) is 10.9 Å². The van der Waals surface area contributed by atoms with E-state index in [1.165, 1.54) is 89.9 Å². The van der Waals surface area contributed by atoms with Crippen LogP contribution in [0.15, 0.2) is 0 Å². The first-order valence-corrected chi connectivity index (χ1v) is 10.5. The van der Waals surface area contributed by atoms with E-state index in [4.69, 9.17) is 0 Å². The molecule has 10 nitrogen and oxygen atoms in total. The Kier molecular flexibility index (Phi) is 19.0. The summed E-state index contributed by atoms with van der Waals surface area (Å²) in [5.74, 6) is 0. The van der Waals surface area contributed by atoms with E-state index < -0.39 is 0 Å². The van der Waals surface area contributed by atoms with Gasteiger partial charge in [-0.15, -0.1) is 0 Å². The minimum atomic E-state index is 0.942. The van der Waals surface area contributed by atoms with Crippen molar-refractivity contribution in [2.24, 2.45) is 0 Å². The second kappa shape index (κ2) is 20.9. The Morgan fingerprint density at radius 3 is 0.769 bits per heavy atom. The summed E-state index contributed by atoms with van der Waals surface area (Å²) < 4.78 is 0. The van der Waals surface area contributed by atoms with E-state index in [0.29, 0.717) is 0 Å². The fourth-order valence-corrected chi connectivity index (χ4v) is 2.95. The quantitative estimate of drug-likeness (QED) is 0.295. The van der Waals surface area contributed by atoms with Gasteiger partial charge in [0.2, 0.25) is 0 Å². The zero-order chi connectivity index (χ0) is 18.4. The van der Waals surface area contributed by atoms with Crippen LogP contribution in [-0.4, -0.2) is 13.1 Å². The van der Waals surface area contributed by atoms with E-state index in [1.807, 2.05) is 0 Å². The standard InChI is InChI=1S/C16H42N10/c1-2-4-6-8-10-12-14-16-18-20-22-24-26-25-23-21-19-17-15-13-11-9-7-5-3-1/h17-26H,1-16H2. The SMILES string of the molecule is C1CCCCCCCCNNNNNNNNNNCCCCCCC1. The fraction of sp³-hybridized carbons (Fsp3) is 1.00. The van der Waals surface area contributed by atoms with Gasteiger partial charge < -0.3 is 0 Å². The van der Waals surface area contributed by atoms with Crippen molar-refractivity contribution in [2.45, 2.75) is 89.9 Å². The molecule has 1 aliphatic heterocycles. The van der Waals surface area contributed by atoms with Crippen LogP contribution in [0.5, 0.6) is 0 Å². The highest BCUT2D eigenvalue weighted by molar-refractivity contribution is 4.50. The molecule has 0 aromatic heterocycles. The second-order valence-electron chi connectivity index (χ2n) is 6.80. The van der Waals surface area contributed by atoms with Gasteiger partial charge in [-0.05, 0) is 12.8 Å². The molecule has 1 saturated heterocycles. The Labute approximate surface area is 158 Å². The van der Waals surface area contributed by atoms with Crippen LogP contribution < -0.4 is 55.1 Å². The minimum absolute atomic E-state index is 0.942. The normalized spacial score (nSPS) is 24.0. The molecule has 156 valence electrons. The van der Waals surface area contributed by atoms with Gasteiger partial charge in [0.1, 0.15) is 0 Å². The smallest absolute Gasteiger partial charge is 0.0113 e. The molecule has 1 heterocycles. The minimum Gasteiger partial charge on any atom is -0.243 e. The third-order valence-electron chi connectivity index (χ3n) is 4.47. The van der Waals surface area contributed by atoms with Gasteiger partial charge in [0.05, 0.1) is 0 Å². The highest BCUT2D eigenvalue weighted by Crippen LogP contribution is 2.12. The molecule has 10 heteroatoms. The van der Waals surface area contributed by atoms with Crippen molar-refractivity contribution in [3.05, 3.63) is 0 Å². The molecule has 26 heavy (non-hydrogen) atoms. The van der Waals surface area contributed by atoms with Crippen molar-refractivity contribution >= 4 is 0 Å². The van der Waals surface area contributed by atoms with Crippen LogP contribution in [0.4, 0.5) is 0 Å². The number of hydrogen-bond acceptors (Lipinski definition) is 10. The first-order valence-electron chi connectivity index (χ1n) is 10.5. The van der Waals surface area contributed by atoms with E-state index in [0.717, 1.165) is 13.1 Å². The van der Waals surface area contributed by atoms with Crippen LogP contribution in [0.1, 0.15) is 89.9 Å². The molecule has 0 spiro atoms. The predicted molar refractivity (Wildman–Crippen MR) is 106 cm³/mol. The summed E-state index contributed by atoms with van der Waals surface area (Å²) in [5.41, 5.74) is 28.2. The molecule has 0 unspecified atom stereocenters. The van der Waals surface area contributed by atoms with Gasteiger partial charge in [-0.1, -0.05) is 77.0 Å². The Bertz CT molecular complexity index is 147. The fourth-order valence-electron chi connectivity index (χ4n) is 2.95. The number of hydrogen-bond donors (Lipinski definition) is 10. The predicted octanol–water partition coefficient (Wildman–Crippen LogP) is 0.592. The maximum absolute atomic E-state index is 3.10. The molecule has 0 aromatic carbocycles. The van der Waals surface area contributed by atoms with Crippen molar-refractivity contribution in [1.82, 2.24) is 55.1 Å². The van der Waals surface area contributed by atoms with E-state index in [1.54, 1.807) is 0 Å². The van der Waals surface area contributed by atoms with Gasteiger partial charge in [0.25, 0.3) is 0 Å². The molecule has 0 aliphatic carbocycles. The molecule has 0 bridgehead atoms. The van der Waals surface area contributed by atoms with E-state index >= 15 is 0 Å². The third kappa shape index (κ3) is 18.4. The Hall–Kier alpha value is -0.400. The summed E-state index contributed by atoms with van der Waals surface area (Å²) in [4.78, 5) is 0. The average Bonchev–Trinajstić information content (AvgIpc) is 2.65. The molecule has 0 aromatic rings. The lowest BCUT2D eigenvalue weighted by Gasteiger charge is -2.13. The zero-order valence-corrected chi connectivity index (χ0v) is 16.3. The highest BCUT2D eigenvalue weighted by Gasteiger charge is 1.95. The second-order valence-corrected chi connectivity index (χ2v) is 6.80. The van der Waals surface area contributed by atoms with Crippen LogP contribution in [0.25, 0.3) is 0 Å². The van der Waals surface area contributed by atoms with Gasteiger partial charge in [0, 0.05) is 13.1 Å². The molecule has 10 N–H and O–H groups in total. The van der Waals surface area contributed by atoms with Gasteiger partial charge >= 0.3 is 0 Å². The summed E-state index contributed by atoms with van der Waals surface area (Å²) in [6.45, 7) is 1.88. The lowest BCUT2D eigenvalue weighted by molar-refractivity contribution is 0.232. The molecule has 1 fully saturated rings. The summed E-state index contributed by atoms with van der Waals surface area (Å²) in [6, 6.07) is 0. The lowest BCUT2D eigenvalue weighted by Crippen LogP contribution is -2.65. The van der Waals surface area contributed by atoms with Crippen molar-refractivity contribution in [1.29, 1.82) is 0 Å². The van der Waals surface area contributed by atoms with Crippen LogP contribution in [0.3, 0.4) is 0 Å². The van der Waals surface area contributed by atoms with Gasteiger partial charge in [0.15, 0.2) is 0 Å². The van der Waals surface area contributed by atoms with Crippen LogP contribution in [0, 0.1) is 0 Å². The first-order chi connectivity index (χ1) is 13.0. The van der Waals surface area contributed by atoms with Crippen molar-refractivity contribution in [3.8, 4) is 0 Å². The van der Waals surface area contributed by atoms with E-state index in [-0.39, 0.29) is 0 Å². The molecule has 0 radical (unpaired) electrons. The van der Waals surface area contributed by atoms with Crippen LogP contribution in [-0.2, 0) is 0 Å². The summed E-state index contributed by atoms with van der Waals surface area (Å²) in [7, 11) is 0. The Morgan fingerprint density at radius 1 is 0.231 bits per heavy atom. The Balaban J connectivity index is 2.00. The summed E-state index contributed by atoms with van der Waals surface area (Å²) >= 11 is 0.